The number of hydrogen-bond acceptors (Lipinski definition) is 3. The van der Waals surface area contributed by atoms with Crippen molar-refractivity contribution in [3.8, 4) is 0 Å². The number of likely N-dealkylation sites (N-methyl/N-ethyl adjacent to an activating group) is 1. The predicted octanol–water partition coefficient (Wildman–Crippen LogP) is 2.20. The number of nitrogens with two attached hydrogens (primary N) is 1. The second-order valence-electron chi connectivity index (χ2n) is 5.17. The van der Waals surface area contributed by atoms with E-state index >= 15 is 0 Å². The van der Waals surface area contributed by atoms with Crippen LogP contribution in [0.5, 0.6) is 0 Å². The van der Waals surface area contributed by atoms with Crippen molar-refractivity contribution >= 4 is 18.3 Å². The van der Waals surface area contributed by atoms with E-state index in [1.807, 2.05) is 25.7 Å². The van der Waals surface area contributed by atoms with Crippen LogP contribution in [-0.2, 0) is 9.53 Å². The topological polar surface area (TPSA) is 55.6 Å². The highest BCUT2D eigenvalue weighted by molar-refractivity contribution is 5.85. The summed E-state index contributed by atoms with van der Waals surface area (Å²) in [5.74, 6) is 0.202. The number of carbonyl (C=O) groups excluding carboxylic acids is 1. The van der Waals surface area contributed by atoms with Crippen molar-refractivity contribution in [2.24, 2.45) is 11.1 Å². The molecule has 1 heterocycles. The molecule has 114 valence electrons. The standard InChI is InChI=1S/C14H28N2O2.ClH/c1-4-14(5-2,11-15)13(17)16(6-3)10-12-8-7-9-18-12;/h12H,4-11,15H2,1-3H3;1H. The highest BCUT2D eigenvalue weighted by atomic mass is 35.5. The van der Waals surface area contributed by atoms with Crippen LogP contribution >= 0.6 is 12.4 Å². The molecule has 1 rings (SSSR count). The highest BCUT2D eigenvalue weighted by Crippen LogP contribution is 2.28. The molecular formula is C14H29ClN2O2. The zero-order chi connectivity index (χ0) is 13.6. The summed E-state index contributed by atoms with van der Waals surface area (Å²) in [6.45, 7) is 8.85. The van der Waals surface area contributed by atoms with E-state index in [0.717, 1.165) is 45.4 Å². The van der Waals surface area contributed by atoms with Gasteiger partial charge in [-0.3, -0.25) is 4.79 Å². The number of nitrogens with zero attached hydrogens (tertiary/aromatic N) is 1. The molecule has 0 aliphatic carbocycles. The van der Waals surface area contributed by atoms with Crippen molar-refractivity contribution < 1.29 is 9.53 Å². The van der Waals surface area contributed by atoms with Crippen molar-refractivity contribution in [2.75, 3.05) is 26.2 Å². The van der Waals surface area contributed by atoms with Crippen LogP contribution in [0.2, 0.25) is 0 Å². The molecule has 1 unspecified atom stereocenters. The molecule has 0 bridgehead atoms. The Bertz CT molecular complexity index is 256. The van der Waals surface area contributed by atoms with Gasteiger partial charge in [0.2, 0.25) is 5.91 Å². The van der Waals surface area contributed by atoms with Gasteiger partial charge in [0.15, 0.2) is 0 Å². The van der Waals surface area contributed by atoms with Crippen molar-refractivity contribution in [3.05, 3.63) is 0 Å². The molecule has 19 heavy (non-hydrogen) atoms. The van der Waals surface area contributed by atoms with E-state index in [0.29, 0.717) is 6.54 Å². The van der Waals surface area contributed by atoms with Gasteiger partial charge >= 0.3 is 0 Å². The van der Waals surface area contributed by atoms with Gasteiger partial charge in [0.05, 0.1) is 11.5 Å². The number of rotatable bonds is 7. The summed E-state index contributed by atoms with van der Waals surface area (Å²) in [5, 5.41) is 0. The van der Waals surface area contributed by atoms with Crippen molar-refractivity contribution in [1.29, 1.82) is 0 Å². The Morgan fingerprint density at radius 2 is 2.00 bits per heavy atom. The van der Waals surface area contributed by atoms with Gasteiger partial charge in [-0.2, -0.15) is 0 Å². The molecule has 5 heteroatoms. The molecule has 1 fully saturated rings. The van der Waals surface area contributed by atoms with Crippen LogP contribution in [0.4, 0.5) is 0 Å². The SMILES string of the molecule is CCN(CC1CCCO1)C(=O)C(CC)(CC)CN.Cl. The summed E-state index contributed by atoms with van der Waals surface area (Å²) in [6, 6.07) is 0. The zero-order valence-corrected chi connectivity index (χ0v) is 13.3. The summed E-state index contributed by atoms with van der Waals surface area (Å²) in [7, 11) is 0. The van der Waals surface area contributed by atoms with Crippen LogP contribution in [0.3, 0.4) is 0 Å². The summed E-state index contributed by atoms with van der Waals surface area (Å²) >= 11 is 0. The zero-order valence-electron chi connectivity index (χ0n) is 12.5. The molecule has 1 atom stereocenters. The van der Waals surface area contributed by atoms with E-state index in [1.54, 1.807) is 0 Å². The van der Waals surface area contributed by atoms with Crippen LogP contribution in [0.15, 0.2) is 0 Å². The highest BCUT2D eigenvalue weighted by Gasteiger charge is 2.37. The molecule has 0 aromatic heterocycles. The Balaban J connectivity index is 0.00000324. The minimum Gasteiger partial charge on any atom is -0.376 e. The molecule has 1 amide bonds. The second kappa shape index (κ2) is 8.77. The van der Waals surface area contributed by atoms with Gasteiger partial charge in [-0.15, -0.1) is 12.4 Å². The number of ether oxygens (including phenoxy) is 1. The number of amides is 1. The lowest BCUT2D eigenvalue weighted by molar-refractivity contribution is -0.143. The molecule has 0 spiro atoms. The number of hydrogen-bond donors (Lipinski definition) is 1. The maximum absolute atomic E-state index is 12.7. The molecule has 0 radical (unpaired) electrons. The van der Waals surface area contributed by atoms with E-state index in [2.05, 4.69) is 0 Å². The fourth-order valence-electron chi connectivity index (χ4n) is 2.65. The fraction of sp³-hybridized carbons (Fsp3) is 0.929. The molecule has 1 aliphatic heterocycles. The normalized spacial score (nSPS) is 19.1. The van der Waals surface area contributed by atoms with Gasteiger partial charge in [-0.25, -0.2) is 0 Å². The molecule has 2 N–H and O–H groups in total. The Morgan fingerprint density at radius 1 is 1.37 bits per heavy atom. The molecular weight excluding hydrogens is 264 g/mol. The van der Waals surface area contributed by atoms with Crippen LogP contribution in [0.25, 0.3) is 0 Å². The lowest BCUT2D eigenvalue weighted by Crippen LogP contribution is -2.49. The van der Waals surface area contributed by atoms with E-state index in [4.69, 9.17) is 10.5 Å². The first kappa shape index (κ1) is 18.7. The largest absolute Gasteiger partial charge is 0.376 e. The van der Waals surface area contributed by atoms with Gasteiger partial charge in [0, 0.05) is 26.2 Å². The average Bonchev–Trinajstić information content (AvgIpc) is 2.91. The van der Waals surface area contributed by atoms with Crippen LogP contribution in [-0.4, -0.2) is 43.2 Å². The summed E-state index contributed by atoms with van der Waals surface area (Å²) < 4.78 is 5.62. The third kappa shape index (κ3) is 4.33. The van der Waals surface area contributed by atoms with E-state index in [9.17, 15) is 4.79 Å². The van der Waals surface area contributed by atoms with Crippen LogP contribution < -0.4 is 5.73 Å². The Hall–Kier alpha value is -0.320. The molecule has 1 saturated heterocycles. The molecule has 0 aromatic carbocycles. The first-order valence-electron chi connectivity index (χ1n) is 7.24. The summed E-state index contributed by atoms with van der Waals surface area (Å²) in [5.41, 5.74) is 5.47. The Labute approximate surface area is 123 Å². The first-order valence-corrected chi connectivity index (χ1v) is 7.24. The summed E-state index contributed by atoms with van der Waals surface area (Å²) in [6.07, 6.45) is 4.01. The minimum absolute atomic E-state index is 0. The summed E-state index contributed by atoms with van der Waals surface area (Å²) in [4.78, 5) is 14.6. The maximum Gasteiger partial charge on any atom is 0.230 e. The van der Waals surface area contributed by atoms with E-state index in [1.165, 1.54) is 0 Å². The lowest BCUT2D eigenvalue weighted by Gasteiger charge is -2.35. The predicted molar refractivity (Wildman–Crippen MR) is 80.5 cm³/mol. The smallest absolute Gasteiger partial charge is 0.230 e. The van der Waals surface area contributed by atoms with E-state index < -0.39 is 0 Å². The Morgan fingerprint density at radius 3 is 2.37 bits per heavy atom. The Kier molecular flexibility index (Phi) is 8.62. The van der Waals surface area contributed by atoms with Crippen LogP contribution in [0, 0.1) is 5.41 Å². The maximum atomic E-state index is 12.7. The van der Waals surface area contributed by atoms with Crippen molar-refractivity contribution in [3.63, 3.8) is 0 Å². The third-order valence-corrected chi connectivity index (χ3v) is 4.31. The van der Waals surface area contributed by atoms with Gasteiger partial charge in [-0.1, -0.05) is 13.8 Å². The van der Waals surface area contributed by atoms with Gasteiger partial charge < -0.3 is 15.4 Å². The van der Waals surface area contributed by atoms with Gasteiger partial charge in [0.25, 0.3) is 0 Å². The van der Waals surface area contributed by atoms with E-state index in [-0.39, 0.29) is 29.8 Å². The van der Waals surface area contributed by atoms with Gasteiger partial charge in [0.1, 0.15) is 0 Å². The van der Waals surface area contributed by atoms with Crippen LogP contribution in [0.1, 0.15) is 46.5 Å². The molecule has 1 aliphatic rings. The molecule has 0 saturated carbocycles. The quantitative estimate of drug-likeness (QED) is 0.783. The monoisotopic (exact) mass is 292 g/mol. The molecule has 0 aromatic rings. The van der Waals surface area contributed by atoms with Crippen molar-refractivity contribution in [2.45, 2.75) is 52.6 Å². The second-order valence-corrected chi connectivity index (χ2v) is 5.17. The fourth-order valence-corrected chi connectivity index (χ4v) is 2.65. The van der Waals surface area contributed by atoms with Gasteiger partial charge in [-0.05, 0) is 32.6 Å². The minimum atomic E-state index is -0.380. The lowest BCUT2D eigenvalue weighted by atomic mass is 9.81. The average molecular weight is 293 g/mol. The third-order valence-electron chi connectivity index (χ3n) is 4.31. The number of carbonyl (C=O) groups is 1. The molecule has 4 nitrogen and oxygen atoms in total. The number of halogens is 1. The van der Waals surface area contributed by atoms with Crippen molar-refractivity contribution in [1.82, 2.24) is 4.90 Å². The first-order chi connectivity index (χ1) is 8.63.